The van der Waals surface area contributed by atoms with Gasteiger partial charge in [-0.3, -0.25) is 0 Å². The van der Waals surface area contributed by atoms with Crippen molar-refractivity contribution in [2.75, 3.05) is 0 Å². The summed E-state index contributed by atoms with van der Waals surface area (Å²) in [4.78, 5) is 3.64. The van der Waals surface area contributed by atoms with Crippen LogP contribution in [0.2, 0.25) is 15.2 Å². The number of halogens is 5. The number of nitrogens with zero attached hydrogens (tertiary/aromatic N) is 1. The minimum absolute atomic E-state index is 0.0175. The third kappa shape index (κ3) is 4.09. The number of hydrogen-bond donors (Lipinski definition) is 0. The van der Waals surface area contributed by atoms with Crippen molar-refractivity contribution in [3.05, 3.63) is 92.7 Å². The molecule has 0 saturated heterocycles. The van der Waals surface area contributed by atoms with Gasteiger partial charge >= 0.3 is 0 Å². The van der Waals surface area contributed by atoms with Gasteiger partial charge in [0.25, 0.3) is 0 Å². The van der Waals surface area contributed by atoms with Gasteiger partial charge in [0, 0.05) is 16.8 Å². The van der Waals surface area contributed by atoms with Crippen molar-refractivity contribution in [3.63, 3.8) is 0 Å². The third-order valence-corrected chi connectivity index (χ3v) is 6.66. The Kier molecular flexibility index (Phi) is 5.72. The molecule has 27 heavy (non-hydrogen) atoms. The van der Waals surface area contributed by atoms with Crippen LogP contribution in [0.3, 0.4) is 0 Å². The van der Waals surface area contributed by atoms with Crippen LogP contribution in [-0.2, 0) is 9.84 Å². The minimum atomic E-state index is -4.24. The summed E-state index contributed by atoms with van der Waals surface area (Å²) < 4.78 is 54.9. The predicted octanol–water partition coefficient (Wildman–Crippen LogP) is 5.88. The molecule has 0 radical (unpaired) electrons. The molecule has 1 atom stereocenters. The highest BCUT2D eigenvalue weighted by Gasteiger charge is 2.35. The molecule has 3 nitrogen and oxygen atoms in total. The fourth-order valence-electron chi connectivity index (χ4n) is 2.61. The molecule has 140 valence electrons. The highest BCUT2D eigenvalue weighted by molar-refractivity contribution is 7.92. The van der Waals surface area contributed by atoms with Crippen LogP contribution < -0.4 is 0 Å². The van der Waals surface area contributed by atoms with Crippen molar-refractivity contribution in [2.24, 2.45) is 0 Å². The number of pyridine rings is 1. The predicted molar refractivity (Wildman–Crippen MR) is 101 cm³/mol. The number of aromatic nitrogens is 1. The van der Waals surface area contributed by atoms with E-state index in [1.807, 2.05) is 0 Å². The maximum absolute atomic E-state index is 14.5. The van der Waals surface area contributed by atoms with E-state index in [4.69, 9.17) is 34.8 Å². The SMILES string of the molecule is O=S(=O)(c1ccc(Cl)cc1)C(c1cc(F)ccc1F)c1cc(Cl)ncc1Cl. The van der Waals surface area contributed by atoms with Gasteiger partial charge in [-0.1, -0.05) is 34.8 Å². The molecule has 1 heterocycles. The number of hydrogen-bond acceptors (Lipinski definition) is 3. The zero-order valence-corrected chi connectivity index (χ0v) is 16.4. The van der Waals surface area contributed by atoms with E-state index in [0.29, 0.717) is 5.02 Å². The van der Waals surface area contributed by atoms with Gasteiger partial charge in [0.05, 0.1) is 9.92 Å². The average molecular weight is 449 g/mol. The molecule has 0 bridgehead atoms. The molecule has 9 heteroatoms. The number of sulfone groups is 1. The molecule has 3 rings (SSSR count). The summed E-state index contributed by atoms with van der Waals surface area (Å²) in [5, 5.41) is -1.40. The molecule has 3 aromatic rings. The van der Waals surface area contributed by atoms with Crippen LogP contribution in [0.4, 0.5) is 8.78 Å². The molecule has 0 aliphatic rings. The average Bonchev–Trinajstić information content (AvgIpc) is 2.61. The Bertz CT molecular complexity index is 1050. The topological polar surface area (TPSA) is 47.0 Å². The fraction of sp³-hybridized carbons (Fsp3) is 0.0556. The summed E-state index contributed by atoms with van der Waals surface area (Å²) in [6.45, 7) is 0. The lowest BCUT2D eigenvalue weighted by Crippen LogP contribution is -2.17. The Hall–Kier alpha value is -1.73. The molecule has 0 amide bonds. The second-order valence-corrected chi connectivity index (χ2v) is 8.84. The highest BCUT2D eigenvalue weighted by atomic mass is 35.5. The van der Waals surface area contributed by atoms with Gasteiger partial charge < -0.3 is 0 Å². The third-order valence-electron chi connectivity index (χ3n) is 3.83. The first-order chi connectivity index (χ1) is 12.7. The molecular formula is C18H10Cl3F2NO2S. The molecule has 0 aliphatic carbocycles. The standard InChI is InChI=1S/C18H10Cl3F2NO2S/c19-10-1-4-12(5-2-10)27(25,26)18(13-8-17(21)24-9-15(13)20)14-7-11(22)3-6-16(14)23/h1-9,18H. The molecule has 2 aromatic carbocycles. The van der Waals surface area contributed by atoms with Gasteiger partial charge in [0.15, 0.2) is 9.84 Å². The largest absolute Gasteiger partial charge is 0.243 e. The van der Waals surface area contributed by atoms with Crippen LogP contribution in [-0.4, -0.2) is 13.4 Å². The van der Waals surface area contributed by atoms with E-state index in [9.17, 15) is 17.2 Å². The Morgan fingerprint density at radius 1 is 0.889 bits per heavy atom. The maximum atomic E-state index is 14.5. The second-order valence-electron chi connectivity index (χ2n) is 5.57. The molecule has 0 spiro atoms. The quantitative estimate of drug-likeness (QED) is 0.468. The molecule has 0 aliphatic heterocycles. The van der Waals surface area contributed by atoms with Gasteiger partial charge in [-0.05, 0) is 54.1 Å². The van der Waals surface area contributed by atoms with Crippen LogP contribution in [0.1, 0.15) is 16.4 Å². The van der Waals surface area contributed by atoms with Gasteiger partial charge in [-0.2, -0.15) is 0 Å². The van der Waals surface area contributed by atoms with E-state index in [1.165, 1.54) is 30.3 Å². The van der Waals surface area contributed by atoms with Crippen LogP contribution >= 0.6 is 34.8 Å². The second kappa shape index (κ2) is 7.72. The molecular weight excluding hydrogens is 439 g/mol. The van der Waals surface area contributed by atoms with Crippen molar-refractivity contribution in [1.82, 2.24) is 4.98 Å². The molecule has 0 fully saturated rings. The van der Waals surface area contributed by atoms with Crippen LogP contribution in [0.15, 0.2) is 59.6 Å². The molecule has 1 aromatic heterocycles. The molecule has 0 saturated carbocycles. The zero-order valence-electron chi connectivity index (χ0n) is 13.3. The fourth-order valence-corrected chi connectivity index (χ4v) is 5.01. The summed E-state index contributed by atoms with van der Waals surface area (Å²) >= 11 is 17.8. The zero-order chi connectivity index (χ0) is 19.8. The monoisotopic (exact) mass is 447 g/mol. The molecule has 0 N–H and O–H groups in total. The first kappa shape index (κ1) is 20.0. The van der Waals surface area contributed by atoms with Gasteiger partial charge in [-0.15, -0.1) is 0 Å². The van der Waals surface area contributed by atoms with E-state index >= 15 is 0 Å². The van der Waals surface area contributed by atoms with E-state index in [1.54, 1.807) is 0 Å². The van der Waals surface area contributed by atoms with E-state index in [2.05, 4.69) is 4.98 Å². The van der Waals surface area contributed by atoms with Crippen LogP contribution in [0.5, 0.6) is 0 Å². The van der Waals surface area contributed by atoms with E-state index < -0.39 is 32.3 Å². The van der Waals surface area contributed by atoms with E-state index in [-0.39, 0.29) is 20.6 Å². The normalized spacial score (nSPS) is 12.8. The minimum Gasteiger partial charge on any atom is -0.243 e. The lowest BCUT2D eigenvalue weighted by Gasteiger charge is -2.21. The van der Waals surface area contributed by atoms with Crippen molar-refractivity contribution in [2.45, 2.75) is 10.1 Å². The first-order valence-corrected chi connectivity index (χ1v) is 10.1. The molecule has 1 unspecified atom stereocenters. The van der Waals surface area contributed by atoms with Crippen molar-refractivity contribution >= 4 is 44.6 Å². The van der Waals surface area contributed by atoms with Gasteiger partial charge in [-0.25, -0.2) is 22.2 Å². The van der Waals surface area contributed by atoms with Crippen molar-refractivity contribution in [1.29, 1.82) is 0 Å². The van der Waals surface area contributed by atoms with Crippen LogP contribution in [0, 0.1) is 11.6 Å². The summed E-state index contributed by atoms with van der Waals surface area (Å²) in [5.74, 6) is -1.69. The van der Waals surface area contributed by atoms with E-state index in [0.717, 1.165) is 24.4 Å². The maximum Gasteiger partial charge on any atom is 0.189 e. The first-order valence-electron chi connectivity index (χ1n) is 7.45. The highest BCUT2D eigenvalue weighted by Crippen LogP contribution is 2.40. The smallest absolute Gasteiger partial charge is 0.189 e. The Labute approximate surface area is 169 Å². The van der Waals surface area contributed by atoms with Gasteiger partial charge in [0.1, 0.15) is 22.0 Å². The summed E-state index contributed by atoms with van der Waals surface area (Å²) in [6, 6.07) is 9.10. The number of rotatable bonds is 4. The van der Waals surface area contributed by atoms with Crippen molar-refractivity contribution in [3.8, 4) is 0 Å². The summed E-state index contributed by atoms with van der Waals surface area (Å²) in [5.41, 5.74) is -0.412. The summed E-state index contributed by atoms with van der Waals surface area (Å²) in [6.07, 6.45) is 1.15. The van der Waals surface area contributed by atoms with Crippen LogP contribution in [0.25, 0.3) is 0 Å². The van der Waals surface area contributed by atoms with Crippen molar-refractivity contribution < 1.29 is 17.2 Å². The summed E-state index contributed by atoms with van der Waals surface area (Å²) in [7, 11) is -4.24. The Balaban J connectivity index is 2.32. The Morgan fingerprint density at radius 2 is 1.56 bits per heavy atom. The lowest BCUT2D eigenvalue weighted by molar-refractivity contribution is 0.569. The van der Waals surface area contributed by atoms with Gasteiger partial charge in [0.2, 0.25) is 0 Å². The number of benzene rings is 2. The Morgan fingerprint density at radius 3 is 2.22 bits per heavy atom. The lowest BCUT2D eigenvalue weighted by atomic mass is 10.0.